The van der Waals surface area contributed by atoms with Gasteiger partial charge in [0.15, 0.2) is 0 Å². The molecule has 0 N–H and O–H groups in total. The normalized spacial score (nSPS) is 11.9. The molecule has 36 heavy (non-hydrogen) atoms. The van der Waals surface area contributed by atoms with Crippen molar-refractivity contribution >= 4 is 5.97 Å². The Kier molecular flexibility index (Phi) is 11.7. The molecule has 0 amide bonds. The molecule has 0 saturated carbocycles. The van der Waals surface area contributed by atoms with Gasteiger partial charge in [-0.1, -0.05) is 107 Å². The van der Waals surface area contributed by atoms with Crippen molar-refractivity contribution in [3.63, 3.8) is 0 Å². The van der Waals surface area contributed by atoms with Crippen LogP contribution in [0.15, 0.2) is 72.8 Å². The van der Waals surface area contributed by atoms with Gasteiger partial charge in [-0.3, -0.25) is 0 Å². The lowest BCUT2D eigenvalue weighted by atomic mass is 10.0. The van der Waals surface area contributed by atoms with Crippen molar-refractivity contribution in [2.24, 2.45) is 0 Å². The Hall–Kier alpha value is -2.91. The van der Waals surface area contributed by atoms with E-state index in [1.165, 1.54) is 49.7 Å². The van der Waals surface area contributed by atoms with Crippen LogP contribution in [0.2, 0.25) is 0 Å². The van der Waals surface area contributed by atoms with Crippen molar-refractivity contribution in [3.05, 3.63) is 89.5 Å². The lowest BCUT2D eigenvalue weighted by Gasteiger charge is -2.14. The number of aryl methyl sites for hydroxylation is 1. The molecule has 0 heterocycles. The van der Waals surface area contributed by atoms with E-state index in [-0.39, 0.29) is 12.1 Å². The van der Waals surface area contributed by atoms with Gasteiger partial charge >= 0.3 is 5.97 Å². The van der Waals surface area contributed by atoms with Gasteiger partial charge in [-0.25, -0.2) is 4.79 Å². The van der Waals surface area contributed by atoms with E-state index in [1.54, 1.807) is 0 Å². The fraction of sp³-hybridized carbons (Fsp3) is 0.424. The molecule has 0 aliphatic heterocycles. The third-order valence-electron chi connectivity index (χ3n) is 6.62. The number of benzene rings is 3. The largest absolute Gasteiger partial charge is 0.423 e. The van der Waals surface area contributed by atoms with Crippen LogP contribution in [0.1, 0.15) is 99.7 Å². The predicted octanol–water partition coefficient (Wildman–Crippen LogP) is 9.35. The maximum Gasteiger partial charge on any atom is 0.343 e. The first kappa shape index (κ1) is 27.7. The summed E-state index contributed by atoms with van der Waals surface area (Å²) >= 11 is 0. The summed E-state index contributed by atoms with van der Waals surface area (Å²) in [6, 6.07) is 23.8. The van der Waals surface area contributed by atoms with Gasteiger partial charge in [-0.2, -0.15) is 0 Å². The fourth-order valence-electron chi connectivity index (χ4n) is 4.34. The molecule has 1 unspecified atom stereocenters. The molecule has 3 aromatic carbocycles. The van der Waals surface area contributed by atoms with Gasteiger partial charge in [0.1, 0.15) is 5.75 Å². The molecule has 1 atom stereocenters. The Bertz CT molecular complexity index is 1020. The van der Waals surface area contributed by atoms with Crippen molar-refractivity contribution in [2.45, 2.75) is 84.7 Å². The molecule has 0 aliphatic rings. The Morgan fingerprint density at radius 3 is 1.89 bits per heavy atom. The molecule has 3 nitrogen and oxygen atoms in total. The molecule has 0 aromatic heterocycles. The van der Waals surface area contributed by atoms with Gasteiger partial charge in [0, 0.05) is 6.61 Å². The van der Waals surface area contributed by atoms with Crippen LogP contribution >= 0.6 is 0 Å². The highest BCUT2D eigenvalue weighted by Gasteiger charge is 2.10. The Morgan fingerprint density at radius 1 is 0.694 bits per heavy atom. The Morgan fingerprint density at radius 2 is 1.28 bits per heavy atom. The number of rotatable bonds is 15. The molecule has 3 aromatic rings. The maximum atomic E-state index is 12.5. The van der Waals surface area contributed by atoms with Crippen molar-refractivity contribution < 1.29 is 14.3 Å². The van der Waals surface area contributed by atoms with E-state index >= 15 is 0 Å². The second kappa shape index (κ2) is 15.3. The zero-order valence-electron chi connectivity index (χ0n) is 22.3. The molecule has 3 rings (SSSR count). The number of unbranched alkanes of at least 4 members (excludes halogenated alkanes) is 6. The molecule has 192 valence electrons. The van der Waals surface area contributed by atoms with Crippen molar-refractivity contribution in [1.82, 2.24) is 0 Å². The topological polar surface area (TPSA) is 35.5 Å². The number of esters is 1. The summed E-state index contributed by atoms with van der Waals surface area (Å²) in [6.45, 7) is 7.34. The Labute approximate surface area is 217 Å². The maximum absolute atomic E-state index is 12.5. The van der Waals surface area contributed by atoms with Crippen LogP contribution in [0.3, 0.4) is 0 Å². The first-order chi connectivity index (χ1) is 17.6. The second-order valence-electron chi connectivity index (χ2n) is 9.62. The third kappa shape index (κ3) is 8.95. The van der Waals surface area contributed by atoms with Crippen LogP contribution in [-0.2, 0) is 11.2 Å². The SMILES string of the molecule is CCCCCCCCCOC(C)c1ccc(-c2ccc(C(=O)Oc3ccc(CCC)cc3)cc2)cc1. The lowest BCUT2D eigenvalue weighted by molar-refractivity contribution is 0.0627. The molecule has 0 spiro atoms. The molecule has 0 bridgehead atoms. The standard InChI is InChI=1S/C33H42O3/c1-4-6-7-8-9-10-11-25-35-26(3)28-15-17-29(18-16-28)30-19-21-31(22-20-30)33(34)36-32-23-13-27(12-5-2)14-24-32/h13-24,26H,4-12,25H2,1-3H3. The minimum absolute atomic E-state index is 0.0901. The average Bonchev–Trinajstić information content (AvgIpc) is 2.91. The molecule has 0 fully saturated rings. The minimum Gasteiger partial charge on any atom is -0.423 e. The highest BCUT2D eigenvalue weighted by molar-refractivity contribution is 5.91. The lowest BCUT2D eigenvalue weighted by Crippen LogP contribution is -2.08. The highest BCUT2D eigenvalue weighted by Crippen LogP contribution is 2.25. The summed E-state index contributed by atoms with van der Waals surface area (Å²) in [5.41, 5.74) is 5.16. The smallest absolute Gasteiger partial charge is 0.343 e. The van der Waals surface area contributed by atoms with E-state index in [2.05, 4.69) is 45.0 Å². The third-order valence-corrected chi connectivity index (χ3v) is 6.62. The summed E-state index contributed by atoms with van der Waals surface area (Å²) in [5, 5.41) is 0. The van der Waals surface area contributed by atoms with E-state index in [0.29, 0.717) is 11.3 Å². The van der Waals surface area contributed by atoms with Gasteiger partial charge in [-0.15, -0.1) is 0 Å². The monoisotopic (exact) mass is 486 g/mol. The first-order valence-electron chi connectivity index (χ1n) is 13.7. The van der Waals surface area contributed by atoms with Gasteiger partial charge in [0.2, 0.25) is 0 Å². The molecular formula is C33H42O3. The molecule has 0 saturated heterocycles. The quantitative estimate of drug-likeness (QED) is 0.122. The second-order valence-corrected chi connectivity index (χ2v) is 9.62. The van der Waals surface area contributed by atoms with Crippen LogP contribution < -0.4 is 4.74 Å². The van der Waals surface area contributed by atoms with Crippen LogP contribution in [0.5, 0.6) is 5.75 Å². The van der Waals surface area contributed by atoms with Crippen molar-refractivity contribution in [1.29, 1.82) is 0 Å². The summed E-state index contributed by atoms with van der Waals surface area (Å²) in [7, 11) is 0. The highest BCUT2D eigenvalue weighted by atomic mass is 16.5. The Balaban J connectivity index is 1.46. The first-order valence-corrected chi connectivity index (χ1v) is 13.7. The van der Waals surface area contributed by atoms with E-state index in [1.807, 2.05) is 48.5 Å². The molecular weight excluding hydrogens is 444 g/mol. The van der Waals surface area contributed by atoms with Crippen molar-refractivity contribution in [3.8, 4) is 16.9 Å². The van der Waals surface area contributed by atoms with E-state index < -0.39 is 0 Å². The van der Waals surface area contributed by atoms with Crippen LogP contribution in [0.25, 0.3) is 11.1 Å². The van der Waals surface area contributed by atoms with Gasteiger partial charge in [-0.05, 0) is 66.3 Å². The molecule has 0 radical (unpaired) electrons. The average molecular weight is 487 g/mol. The fourth-order valence-corrected chi connectivity index (χ4v) is 4.34. The molecule has 3 heteroatoms. The van der Waals surface area contributed by atoms with Gasteiger partial charge in [0.05, 0.1) is 11.7 Å². The predicted molar refractivity (Wildman–Crippen MR) is 150 cm³/mol. The van der Waals surface area contributed by atoms with E-state index in [0.717, 1.165) is 37.0 Å². The van der Waals surface area contributed by atoms with Gasteiger partial charge in [0.25, 0.3) is 0 Å². The van der Waals surface area contributed by atoms with Gasteiger partial charge < -0.3 is 9.47 Å². The minimum atomic E-state index is -0.341. The van der Waals surface area contributed by atoms with E-state index in [9.17, 15) is 4.79 Å². The van der Waals surface area contributed by atoms with Crippen LogP contribution in [0, 0.1) is 0 Å². The van der Waals surface area contributed by atoms with Crippen LogP contribution in [0.4, 0.5) is 0 Å². The number of carbonyl (C=O) groups excluding carboxylic acids is 1. The number of ether oxygens (including phenoxy) is 2. The van der Waals surface area contributed by atoms with Crippen molar-refractivity contribution in [2.75, 3.05) is 6.61 Å². The number of hydrogen-bond acceptors (Lipinski definition) is 3. The molecule has 0 aliphatic carbocycles. The summed E-state index contributed by atoms with van der Waals surface area (Å²) in [4.78, 5) is 12.5. The zero-order chi connectivity index (χ0) is 25.6. The van der Waals surface area contributed by atoms with E-state index in [4.69, 9.17) is 9.47 Å². The number of hydrogen-bond donors (Lipinski definition) is 0. The van der Waals surface area contributed by atoms with Crippen LogP contribution in [-0.4, -0.2) is 12.6 Å². The summed E-state index contributed by atoms with van der Waals surface area (Å²) in [5.74, 6) is 0.231. The number of carbonyl (C=O) groups is 1. The summed E-state index contributed by atoms with van der Waals surface area (Å²) in [6.07, 6.45) is 11.3. The zero-order valence-corrected chi connectivity index (χ0v) is 22.3. The summed E-state index contributed by atoms with van der Waals surface area (Å²) < 4.78 is 11.6.